The monoisotopic (exact) mass is 240 g/mol. The van der Waals surface area contributed by atoms with Crippen molar-refractivity contribution in [3.05, 3.63) is 60.2 Å². The topological polar surface area (TPSA) is 67.2 Å². The molecule has 0 saturated carbocycles. The smallest absolute Gasteiger partial charge is 0.266 e. The molecule has 0 aliphatic heterocycles. The zero-order chi connectivity index (χ0) is 12.8. The SMILES string of the molecule is C/C(=N\NC(=O)c1ccccn1)c1cccnc1. The minimum absolute atomic E-state index is 0.334. The molecular weight excluding hydrogens is 228 g/mol. The minimum Gasteiger partial charge on any atom is -0.266 e. The van der Waals surface area contributed by atoms with Crippen LogP contribution in [0.4, 0.5) is 0 Å². The van der Waals surface area contributed by atoms with Gasteiger partial charge in [0.25, 0.3) is 5.91 Å². The predicted octanol–water partition coefficient (Wildman–Crippen LogP) is 1.63. The highest BCUT2D eigenvalue weighted by Gasteiger charge is 2.04. The van der Waals surface area contributed by atoms with Crippen LogP contribution in [0.2, 0.25) is 0 Å². The number of rotatable bonds is 3. The van der Waals surface area contributed by atoms with Gasteiger partial charge in [0.1, 0.15) is 5.69 Å². The molecule has 0 bridgehead atoms. The molecule has 0 aliphatic rings. The number of hydrazone groups is 1. The van der Waals surface area contributed by atoms with Gasteiger partial charge < -0.3 is 0 Å². The molecule has 5 nitrogen and oxygen atoms in total. The Hall–Kier alpha value is -2.56. The van der Waals surface area contributed by atoms with Crippen LogP contribution in [-0.4, -0.2) is 21.6 Å². The first kappa shape index (κ1) is 11.9. The summed E-state index contributed by atoms with van der Waals surface area (Å²) in [6.07, 6.45) is 4.93. The number of hydrogen-bond acceptors (Lipinski definition) is 4. The number of pyridine rings is 2. The number of amides is 1. The van der Waals surface area contributed by atoms with Gasteiger partial charge in [-0.3, -0.25) is 14.8 Å². The molecule has 18 heavy (non-hydrogen) atoms. The second kappa shape index (κ2) is 5.67. The zero-order valence-corrected chi connectivity index (χ0v) is 9.87. The molecule has 5 heteroatoms. The summed E-state index contributed by atoms with van der Waals surface area (Å²) in [4.78, 5) is 19.6. The lowest BCUT2D eigenvalue weighted by atomic mass is 10.2. The van der Waals surface area contributed by atoms with E-state index in [0.717, 1.165) is 5.56 Å². The van der Waals surface area contributed by atoms with Crippen LogP contribution in [0.1, 0.15) is 23.0 Å². The Kier molecular flexibility index (Phi) is 3.76. The number of nitrogens with one attached hydrogen (secondary N) is 1. The standard InChI is InChI=1S/C13H12N4O/c1-10(11-5-4-7-14-9-11)16-17-13(18)12-6-2-3-8-15-12/h2-9H,1H3,(H,17,18)/b16-10+. The summed E-state index contributed by atoms with van der Waals surface area (Å²) in [6, 6.07) is 8.82. The molecule has 0 radical (unpaired) electrons. The Bertz CT molecular complexity index is 552. The van der Waals surface area contributed by atoms with Crippen molar-refractivity contribution in [3.63, 3.8) is 0 Å². The van der Waals surface area contributed by atoms with Crippen molar-refractivity contribution < 1.29 is 4.79 Å². The number of nitrogens with zero attached hydrogens (tertiary/aromatic N) is 3. The maximum atomic E-state index is 11.7. The lowest BCUT2D eigenvalue weighted by molar-refractivity contribution is 0.0950. The van der Waals surface area contributed by atoms with Gasteiger partial charge in [-0.25, -0.2) is 5.43 Å². The van der Waals surface area contributed by atoms with Crippen LogP contribution in [-0.2, 0) is 0 Å². The van der Waals surface area contributed by atoms with E-state index in [9.17, 15) is 4.79 Å². The Morgan fingerprint density at radius 1 is 1.22 bits per heavy atom. The number of aromatic nitrogens is 2. The van der Waals surface area contributed by atoms with Gasteiger partial charge in [-0.2, -0.15) is 5.10 Å². The van der Waals surface area contributed by atoms with Gasteiger partial charge in [0.05, 0.1) is 5.71 Å². The van der Waals surface area contributed by atoms with Crippen molar-refractivity contribution >= 4 is 11.6 Å². The Balaban J connectivity index is 2.05. The molecule has 0 aromatic carbocycles. The normalized spacial score (nSPS) is 11.1. The molecule has 90 valence electrons. The van der Waals surface area contributed by atoms with Gasteiger partial charge in [0.2, 0.25) is 0 Å². The van der Waals surface area contributed by atoms with E-state index in [0.29, 0.717) is 11.4 Å². The van der Waals surface area contributed by atoms with Gasteiger partial charge >= 0.3 is 0 Å². The average Bonchev–Trinajstić information content (AvgIpc) is 2.46. The lowest BCUT2D eigenvalue weighted by Crippen LogP contribution is -2.20. The second-order valence-corrected chi connectivity index (χ2v) is 3.59. The van der Waals surface area contributed by atoms with E-state index in [1.54, 1.807) is 43.7 Å². The Labute approximate surface area is 105 Å². The first-order valence-corrected chi connectivity index (χ1v) is 5.43. The third-order valence-corrected chi connectivity index (χ3v) is 2.30. The van der Waals surface area contributed by atoms with Crippen molar-refractivity contribution in [1.82, 2.24) is 15.4 Å². The number of hydrogen-bond donors (Lipinski definition) is 1. The first-order chi connectivity index (χ1) is 8.77. The Morgan fingerprint density at radius 3 is 2.78 bits per heavy atom. The highest BCUT2D eigenvalue weighted by molar-refractivity contribution is 6.00. The summed E-state index contributed by atoms with van der Waals surface area (Å²) in [6.45, 7) is 1.80. The fraction of sp³-hybridized carbons (Fsp3) is 0.0769. The van der Waals surface area contributed by atoms with Crippen LogP contribution in [0.25, 0.3) is 0 Å². The van der Waals surface area contributed by atoms with Crippen molar-refractivity contribution in [2.24, 2.45) is 5.10 Å². The van der Waals surface area contributed by atoms with Gasteiger partial charge in [-0.15, -0.1) is 0 Å². The molecule has 0 saturated heterocycles. The van der Waals surface area contributed by atoms with Crippen molar-refractivity contribution in [2.75, 3.05) is 0 Å². The summed E-state index contributed by atoms with van der Waals surface area (Å²) in [5, 5.41) is 4.01. The van der Waals surface area contributed by atoms with Crippen LogP contribution in [0.3, 0.4) is 0 Å². The van der Waals surface area contributed by atoms with E-state index in [4.69, 9.17) is 0 Å². The van der Waals surface area contributed by atoms with Crippen LogP contribution in [0, 0.1) is 0 Å². The van der Waals surface area contributed by atoms with Crippen molar-refractivity contribution in [2.45, 2.75) is 6.92 Å². The van der Waals surface area contributed by atoms with E-state index in [-0.39, 0.29) is 5.91 Å². The summed E-state index contributed by atoms with van der Waals surface area (Å²) in [7, 11) is 0. The van der Waals surface area contributed by atoms with E-state index in [1.807, 2.05) is 12.1 Å². The molecule has 1 amide bonds. The first-order valence-electron chi connectivity index (χ1n) is 5.43. The third kappa shape index (κ3) is 2.98. The second-order valence-electron chi connectivity index (χ2n) is 3.59. The molecule has 2 aromatic rings. The largest absolute Gasteiger partial charge is 0.289 e. The fourth-order valence-corrected chi connectivity index (χ4v) is 1.33. The van der Waals surface area contributed by atoms with Crippen LogP contribution < -0.4 is 5.43 Å². The van der Waals surface area contributed by atoms with Crippen LogP contribution in [0.15, 0.2) is 54.0 Å². The molecule has 1 N–H and O–H groups in total. The molecule has 2 heterocycles. The van der Waals surface area contributed by atoms with E-state index >= 15 is 0 Å². The quantitative estimate of drug-likeness (QED) is 0.655. The third-order valence-electron chi connectivity index (χ3n) is 2.30. The molecule has 0 atom stereocenters. The van der Waals surface area contributed by atoms with Gasteiger partial charge in [0.15, 0.2) is 0 Å². The minimum atomic E-state index is -0.334. The highest BCUT2D eigenvalue weighted by atomic mass is 16.2. The maximum absolute atomic E-state index is 11.7. The molecule has 2 rings (SSSR count). The van der Waals surface area contributed by atoms with E-state index < -0.39 is 0 Å². The van der Waals surface area contributed by atoms with E-state index in [2.05, 4.69) is 20.5 Å². The van der Waals surface area contributed by atoms with Gasteiger partial charge in [0, 0.05) is 24.2 Å². The number of carbonyl (C=O) groups excluding carboxylic acids is 1. The zero-order valence-electron chi connectivity index (χ0n) is 9.87. The number of carbonyl (C=O) groups is 1. The molecule has 0 spiro atoms. The molecule has 0 unspecified atom stereocenters. The highest BCUT2D eigenvalue weighted by Crippen LogP contribution is 1.98. The molecular formula is C13H12N4O. The van der Waals surface area contributed by atoms with Gasteiger partial charge in [-0.05, 0) is 25.1 Å². The fourth-order valence-electron chi connectivity index (χ4n) is 1.33. The molecule has 2 aromatic heterocycles. The average molecular weight is 240 g/mol. The molecule has 0 aliphatic carbocycles. The van der Waals surface area contributed by atoms with Crippen LogP contribution in [0.5, 0.6) is 0 Å². The summed E-state index contributed by atoms with van der Waals surface area (Å²) in [5.41, 5.74) is 4.34. The van der Waals surface area contributed by atoms with E-state index in [1.165, 1.54) is 0 Å². The Morgan fingerprint density at radius 2 is 2.11 bits per heavy atom. The van der Waals surface area contributed by atoms with Crippen LogP contribution >= 0.6 is 0 Å². The maximum Gasteiger partial charge on any atom is 0.289 e. The summed E-state index contributed by atoms with van der Waals surface area (Å²) >= 11 is 0. The molecule has 0 fully saturated rings. The summed E-state index contributed by atoms with van der Waals surface area (Å²) in [5.74, 6) is -0.334. The summed E-state index contributed by atoms with van der Waals surface area (Å²) < 4.78 is 0. The predicted molar refractivity (Wildman–Crippen MR) is 68.2 cm³/mol. The van der Waals surface area contributed by atoms with Crippen molar-refractivity contribution in [3.8, 4) is 0 Å². The van der Waals surface area contributed by atoms with Crippen molar-refractivity contribution in [1.29, 1.82) is 0 Å². The lowest BCUT2D eigenvalue weighted by Gasteiger charge is -2.01. The van der Waals surface area contributed by atoms with Gasteiger partial charge in [-0.1, -0.05) is 12.1 Å².